The van der Waals surface area contributed by atoms with Gasteiger partial charge in [-0.2, -0.15) is 0 Å². The summed E-state index contributed by atoms with van der Waals surface area (Å²) in [6.45, 7) is 4.04. The number of rotatable bonds is 4. The zero-order valence-corrected chi connectivity index (χ0v) is 16.3. The van der Waals surface area contributed by atoms with Crippen LogP contribution in [0.4, 0.5) is 0 Å². The number of para-hydroxylation sites is 1. The Hall–Kier alpha value is -2.21. The Bertz CT molecular complexity index is 936. The molecular formula is C22H28N4O2. The van der Waals surface area contributed by atoms with E-state index < -0.39 is 0 Å². The van der Waals surface area contributed by atoms with Gasteiger partial charge >= 0.3 is 0 Å². The average Bonchev–Trinajstić information content (AvgIpc) is 2.99. The lowest BCUT2D eigenvalue weighted by Crippen LogP contribution is -2.47. The van der Waals surface area contributed by atoms with Crippen LogP contribution in [0.3, 0.4) is 0 Å². The lowest BCUT2D eigenvalue weighted by atomic mass is 9.83. The maximum absolute atomic E-state index is 13.0. The summed E-state index contributed by atoms with van der Waals surface area (Å²) in [6.07, 6.45) is 8.04. The zero-order chi connectivity index (χ0) is 19.1. The highest BCUT2D eigenvalue weighted by Crippen LogP contribution is 2.33. The minimum Gasteiger partial charge on any atom is -0.339 e. The summed E-state index contributed by atoms with van der Waals surface area (Å²) in [5.41, 5.74) is 0.541. The monoisotopic (exact) mass is 380 g/mol. The van der Waals surface area contributed by atoms with E-state index in [1.165, 1.54) is 49.5 Å². The molecule has 2 bridgehead atoms. The van der Waals surface area contributed by atoms with E-state index in [0.29, 0.717) is 22.9 Å². The quantitative estimate of drug-likeness (QED) is 0.815. The molecule has 2 atom stereocenters. The van der Waals surface area contributed by atoms with E-state index in [-0.39, 0.29) is 18.0 Å². The van der Waals surface area contributed by atoms with Gasteiger partial charge in [0.25, 0.3) is 5.56 Å². The molecule has 148 valence electrons. The topological polar surface area (TPSA) is 58.4 Å². The van der Waals surface area contributed by atoms with Crippen LogP contribution in [0, 0.1) is 11.8 Å². The second-order valence-electron chi connectivity index (χ2n) is 8.84. The van der Waals surface area contributed by atoms with Gasteiger partial charge in [-0.25, -0.2) is 4.98 Å². The van der Waals surface area contributed by atoms with Crippen molar-refractivity contribution in [3.8, 4) is 0 Å². The first-order valence-electron chi connectivity index (χ1n) is 10.6. The van der Waals surface area contributed by atoms with E-state index >= 15 is 0 Å². The molecule has 0 spiro atoms. The Kier molecular flexibility index (Phi) is 4.67. The van der Waals surface area contributed by atoms with Gasteiger partial charge in [-0.15, -0.1) is 0 Å². The first-order valence-corrected chi connectivity index (χ1v) is 10.6. The highest BCUT2D eigenvalue weighted by atomic mass is 16.2. The molecule has 0 N–H and O–H groups in total. The number of piperidine rings is 1. The molecule has 1 saturated carbocycles. The number of aromatic nitrogens is 2. The van der Waals surface area contributed by atoms with Crippen LogP contribution in [0.1, 0.15) is 32.1 Å². The van der Waals surface area contributed by atoms with E-state index in [1.54, 1.807) is 6.07 Å². The predicted molar refractivity (Wildman–Crippen MR) is 108 cm³/mol. The number of hydrogen-bond acceptors (Lipinski definition) is 4. The predicted octanol–water partition coefficient (Wildman–Crippen LogP) is 2.12. The molecule has 6 rings (SSSR count). The summed E-state index contributed by atoms with van der Waals surface area (Å²) in [5.74, 6) is 1.47. The van der Waals surface area contributed by atoms with Crippen LogP contribution in [-0.2, 0) is 11.3 Å². The Morgan fingerprint density at radius 2 is 1.93 bits per heavy atom. The van der Waals surface area contributed by atoms with Gasteiger partial charge in [0, 0.05) is 32.2 Å². The van der Waals surface area contributed by atoms with Crippen molar-refractivity contribution >= 4 is 16.8 Å². The fourth-order valence-electron chi connectivity index (χ4n) is 5.08. The minimum absolute atomic E-state index is 0.0431. The molecule has 1 aliphatic carbocycles. The average molecular weight is 380 g/mol. The molecule has 3 saturated heterocycles. The van der Waals surface area contributed by atoms with Gasteiger partial charge in [-0.3, -0.25) is 19.1 Å². The maximum atomic E-state index is 13.0. The second kappa shape index (κ2) is 7.32. The highest BCUT2D eigenvalue weighted by molar-refractivity contribution is 5.79. The summed E-state index contributed by atoms with van der Waals surface area (Å²) in [5, 5.41) is 0.570. The SMILES string of the molecule is O=C(Cn1cnc2ccccc2c1=O)N1C[C@@H]2CC[C@H](C1)N(CC1CCC1)C2. The number of fused-ring (bicyclic) bond motifs is 5. The summed E-state index contributed by atoms with van der Waals surface area (Å²) >= 11 is 0. The smallest absolute Gasteiger partial charge is 0.261 e. The van der Waals surface area contributed by atoms with Crippen molar-refractivity contribution in [1.82, 2.24) is 19.4 Å². The molecule has 6 nitrogen and oxygen atoms in total. The van der Waals surface area contributed by atoms with Gasteiger partial charge in [-0.1, -0.05) is 18.6 Å². The Morgan fingerprint density at radius 1 is 1.07 bits per heavy atom. The molecule has 1 aromatic heterocycles. The lowest BCUT2D eigenvalue weighted by molar-refractivity contribution is -0.132. The van der Waals surface area contributed by atoms with Crippen molar-refractivity contribution in [3.05, 3.63) is 40.9 Å². The van der Waals surface area contributed by atoms with Gasteiger partial charge in [0.1, 0.15) is 6.54 Å². The van der Waals surface area contributed by atoms with Crippen molar-refractivity contribution in [2.45, 2.75) is 44.7 Å². The molecule has 0 unspecified atom stereocenters. The lowest BCUT2D eigenvalue weighted by Gasteiger charge is -2.40. The molecule has 1 aromatic carbocycles. The summed E-state index contributed by atoms with van der Waals surface area (Å²) in [7, 11) is 0. The molecule has 2 aromatic rings. The van der Waals surface area contributed by atoms with Gasteiger partial charge in [-0.05, 0) is 49.7 Å². The van der Waals surface area contributed by atoms with Crippen LogP contribution in [-0.4, -0.2) is 57.5 Å². The number of benzene rings is 1. The van der Waals surface area contributed by atoms with Gasteiger partial charge in [0.15, 0.2) is 0 Å². The highest BCUT2D eigenvalue weighted by Gasteiger charge is 2.37. The molecule has 1 amide bonds. The zero-order valence-electron chi connectivity index (χ0n) is 16.3. The van der Waals surface area contributed by atoms with Gasteiger partial charge in [0.2, 0.25) is 5.91 Å². The second-order valence-corrected chi connectivity index (χ2v) is 8.84. The van der Waals surface area contributed by atoms with Crippen molar-refractivity contribution in [2.24, 2.45) is 11.8 Å². The van der Waals surface area contributed by atoms with Crippen LogP contribution in [0.2, 0.25) is 0 Å². The van der Waals surface area contributed by atoms with Crippen LogP contribution in [0.5, 0.6) is 0 Å². The maximum Gasteiger partial charge on any atom is 0.261 e. The number of carbonyl (C=O) groups excluding carboxylic acids is 1. The van der Waals surface area contributed by atoms with Crippen LogP contribution >= 0.6 is 0 Å². The summed E-state index contributed by atoms with van der Waals surface area (Å²) < 4.78 is 1.46. The number of nitrogens with zero attached hydrogens (tertiary/aromatic N) is 4. The van der Waals surface area contributed by atoms with Crippen molar-refractivity contribution in [2.75, 3.05) is 26.2 Å². The van der Waals surface area contributed by atoms with Crippen molar-refractivity contribution < 1.29 is 4.79 Å². The van der Waals surface area contributed by atoms with Gasteiger partial charge in [0.05, 0.1) is 17.2 Å². The largest absolute Gasteiger partial charge is 0.339 e. The normalized spacial score (nSPS) is 25.6. The first-order chi connectivity index (χ1) is 13.7. The number of amides is 1. The molecule has 4 fully saturated rings. The molecule has 28 heavy (non-hydrogen) atoms. The molecule has 4 aliphatic rings. The van der Waals surface area contributed by atoms with E-state index in [0.717, 1.165) is 25.6 Å². The number of hydrogen-bond donors (Lipinski definition) is 0. The molecular weight excluding hydrogens is 352 g/mol. The molecule has 4 heterocycles. The number of carbonyl (C=O) groups is 1. The standard InChI is InChI=1S/C22H28N4O2/c27-21(14-26-15-23-20-7-2-1-6-19(20)22(26)28)25-12-17-8-9-18(13-25)24(11-17)10-16-4-3-5-16/h1-2,6-7,15-18H,3-5,8-14H2/t17-,18-/m1/s1. The Morgan fingerprint density at radius 3 is 2.75 bits per heavy atom. The van der Waals surface area contributed by atoms with E-state index in [2.05, 4.69) is 9.88 Å². The van der Waals surface area contributed by atoms with Crippen molar-refractivity contribution in [3.63, 3.8) is 0 Å². The molecule has 6 heteroatoms. The molecule has 3 aliphatic heterocycles. The van der Waals surface area contributed by atoms with E-state index in [1.807, 2.05) is 23.1 Å². The Balaban J connectivity index is 1.30. The minimum atomic E-state index is -0.136. The first kappa shape index (κ1) is 17.9. The van der Waals surface area contributed by atoms with Crippen LogP contribution in [0.15, 0.2) is 35.4 Å². The Labute approximate surface area is 165 Å². The van der Waals surface area contributed by atoms with E-state index in [9.17, 15) is 9.59 Å². The van der Waals surface area contributed by atoms with Crippen LogP contribution in [0.25, 0.3) is 10.9 Å². The molecule has 0 radical (unpaired) electrons. The third-order valence-corrected chi connectivity index (χ3v) is 6.93. The third-order valence-electron chi connectivity index (χ3n) is 6.93. The van der Waals surface area contributed by atoms with Gasteiger partial charge < -0.3 is 4.90 Å². The van der Waals surface area contributed by atoms with Crippen LogP contribution < -0.4 is 5.56 Å². The fraction of sp³-hybridized carbons (Fsp3) is 0.591. The van der Waals surface area contributed by atoms with E-state index in [4.69, 9.17) is 0 Å². The summed E-state index contributed by atoms with van der Waals surface area (Å²) in [6, 6.07) is 7.78. The van der Waals surface area contributed by atoms with Crippen molar-refractivity contribution in [1.29, 1.82) is 0 Å². The summed E-state index contributed by atoms with van der Waals surface area (Å²) in [4.78, 5) is 34.8. The fourth-order valence-corrected chi connectivity index (χ4v) is 5.08. The third kappa shape index (κ3) is 3.34.